The Kier molecular flexibility index (Phi) is 5.81. The number of rotatable bonds is 5. The Hall–Kier alpha value is -0.570. The molecule has 1 fully saturated rings. The number of nitrogens with two attached hydrogens (primary N) is 1. The van der Waals surface area contributed by atoms with Crippen LogP contribution in [0.3, 0.4) is 0 Å². The summed E-state index contributed by atoms with van der Waals surface area (Å²) in [6, 6.07) is 0. The third-order valence-electron chi connectivity index (χ3n) is 3.69. The van der Waals surface area contributed by atoms with Crippen LogP contribution in [0, 0.1) is 17.8 Å². The second-order valence-electron chi connectivity index (χ2n) is 5.34. The third kappa shape index (κ3) is 4.12. The van der Waals surface area contributed by atoms with Gasteiger partial charge in [0.15, 0.2) is 0 Å². The smallest absolute Gasteiger partial charge is 0.224 e. The molecule has 0 spiro atoms. The van der Waals surface area contributed by atoms with Crippen LogP contribution in [-0.4, -0.2) is 19.0 Å². The molecular weight excluding hydrogens is 200 g/mol. The number of hydrogen-bond donors (Lipinski definition) is 2. The van der Waals surface area contributed by atoms with E-state index in [0.717, 1.165) is 6.54 Å². The molecular formula is C13H26N2O. The lowest BCUT2D eigenvalue weighted by atomic mass is 9.89. The summed E-state index contributed by atoms with van der Waals surface area (Å²) in [5.74, 6) is 1.14. The first kappa shape index (κ1) is 13.5. The molecule has 0 bridgehead atoms. The first-order chi connectivity index (χ1) is 7.65. The van der Waals surface area contributed by atoms with Gasteiger partial charge in [-0.15, -0.1) is 0 Å². The molecule has 1 rings (SSSR count). The second-order valence-corrected chi connectivity index (χ2v) is 5.34. The fourth-order valence-electron chi connectivity index (χ4n) is 2.45. The zero-order valence-corrected chi connectivity index (χ0v) is 10.7. The highest BCUT2D eigenvalue weighted by molar-refractivity contribution is 5.79. The molecule has 0 aliphatic heterocycles. The number of carbonyl (C=O) groups is 1. The zero-order chi connectivity index (χ0) is 12.0. The quantitative estimate of drug-likeness (QED) is 0.752. The Morgan fingerprint density at radius 1 is 1.31 bits per heavy atom. The van der Waals surface area contributed by atoms with Crippen LogP contribution in [0.1, 0.15) is 46.0 Å². The summed E-state index contributed by atoms with van der Waals surface area (Å²) in [5, 5.41) is 3.07. The standard InChI is InChI=1S/C13H26N2O/c1-10(2)12(8-14)13(16)15-9-11-6-4-3-5-7-11/h10-12H,3-9,14H2,1-2H3,(H,15,16). The van der Waals surface area contributed by atoms with E-state index in [-0.39, 0.29) is 11.8 Å². The van der Waals surface area contributed by atoms with E-state index in [4.69, 9.17) is 5.73 Å². The molecule has 3 heteroatoms. The number of amides is 1. The van der Waals surface area contributed by atoms with Gasteiger partial charge in [-0.25, -0.2) is 0 Å². The van der Waals surface area contributed by atoms with Crippen molar-refractivity contribution in [1.82, 2.24) is 5.32 Å². The molecule has 1 unspecified atom stereocenters. The Morgan fingerprint density at radius 2 is 1.94 bits per heavy atom. The molecule has 0 aromatic rings. The van der Waals surface area contributed by atoms with Gasteiger partial charge >= 0.3 is 0 Å². The van der Waals surface area contributed by atoms with Gasteiger partial charge in [0.2, 0.25) is 5.91 Å². The molecule has 3 N–H and O–H groups in total. The predicted octanol–water partition coefficient (Wildman–Crippen LogP) is 1.91. The summed E-state index contributed by atoms with van der Waals surface area (Å²) in [4.78, 5) is 11.9. The van der Waals surface area contributed by atoms with Gasteiger partial charge in [0.25, 0.3) is 0 Å². The maximum atomic E-state index is 11.9. The normalized spacial score (nSPS) is 19.8. The van der Waals surface area contributed by atoms with Crippen molar-refractivity contribution in [1.29, 1.82) is 0 Å². The zero-order valence-electron chi connectivity index (χ0n) is 10.7. The first-order valence-corrected chi connectivity index (χ1v) is 6.63. The molecule has 0 heterocycles. The van der Waals surface area contributed by atoms with Crippen LogP contribution < -0.4 is 11.1 Å². The van der Waals surface area contributed by atoms with Crippen LogP contribution in [0.4, 0.5) is 0 Å². The molecule has 3 nitrogen and oxygen atoms in total. The van der Waals surface area contributed by atoms with E-state index in [1.54, 1.807) is 0 Å². The van der Waals surface area contributed by atoms with Gasteiger partial charge in [0.05, 0.1) is 5.92 Å². The molecule has 94 valence electrons. The highest BCUT2D eigenvalue weighted by atomic mass is 16.1. The highest BCUT2D eigenvalue weighted by Crippen LogP contribution is 2.22. The summed E-state index contributed by atoms with van der Waals surface area (Å²) in [6.07, 6.45) is 6.56. The van der Waals surface area contributed by atoms with E-state index >= 15 is 0 Å². The monoisotopic (exact) mass is 226 g/mol. The average molecular weight is 226 g/mol. The van der Waals surface area contributed by atoms with Crippen LogP contribution in [0.2, 0.25) is 0 Å². The molecule has 1 amide bonds. The van der Waals surface area contributed by atoms with Crippen molar-refractivity contribution in [3.05, 3.63) is 0 Å². The molecule has 0 aromatic heterocycles. The predicted molar refractivity (Wildman–Crippen MR) is 67.0 cm³/mol. The van der Waals surface area contributed by atoms with Gasteiger partial charge in [-0.2, -0.15) is 0 Å². The van der Waals surface area contributed by atoms with Gasteiger partial charge in [-0.1, -0.05) is 33.1 Å². The van der Waals surface area contributed by atoms with E-state index in [0.29, 0.717) is 18.4 Å². The van der Waals surface area contributed by atoms with E-state index in [9.17, 15) is 4.79 Å². The first-order valence-electron chi connectivity index (χ1n) is 6.63. The van der Waals surface area contributed by atoms with Gasteiger partial charge < -0.3 is 11.1 Å². The molecule has 1 aliphatic carbocycles. The molecule has 0 aromatic carbocycles. The second kappa shape index (κ2) is 6.89. The molecule has 0 saturated heterocycles. The third-order valence-corrected chi connectivity index (χ3v) is 3.69. The van der Waals surface area contributed by atoms with E-state index in [1.807, 2.05) is 0 Å². The van der Waals surface area contributed by atoms with Gasteiger partial charge in [-0.05, 0) is 24.7 Å². The summed E-state index contributed by atoms with van der Waals surface area (Å²) in [6.45, 7) is 5.41. The Morgan fingerprint density at radius 3 is 2.44 bits per heavy atom. The number of nitrogens with one attached hydrogen (secondary N) is 1. The molecule has 1 atom stereocenters. The molecule has 0 radical (unpaired) electrons. The fraction of sp³-hybridized carbons (Fsp3) is 0.923. The minimum Gasteiger partial charge on any atom is -0.356 e. The van der Waals surface area contributed by atoms with E-state index in [1.165, 1.54) is 32.1 Å². The largest absolute Gasteiger partial charge is 0.356 e. The fourth-order valence-corrected chi connectivity index (χ4v) is 2.45. The lowest BCUT2D eigenvalue weighted by Gasteiger charge is -2.24. The van der Waals surface area contributed by atoms with Crippen molar-refractivity contribution >= 4 is 5.91 Å². The van der Waals surface area contributed by atoms with Gasteiger partial charge in [-0.3, -0.25) is 4.79 Å². The lowest BCUT2D eigenvalue weighted by Crippen LogP contribution is -2.40. The summed E-state index contributed by atoms with van der Waals surface area (Å²) in [7, 11) is 0. The minimum absolute atomic E-state index is 0.0245. The van der Waals surface area contributed by atoms with Crippen LogP contribution >= 0.6 is 0 Å². The molecule has 16 heavy (non-hydrogen) atoms. The number of hydrogen-bond acceptors (Lipinski definition) is 2. The van der Waals surface area contributed by atoms with E-state index < -0.39 is 0 Å². The van der Waals surface area contributed by atoms with Gasteiger partial charge in [0, 0.05) is 13.1 Å². The highest BCUT2D eigenvalue weighted by Gasteiger charge is 2.21. The average Bonchev–Trinajstić information content (AvgIpc) is 2.28. The van der Waals surface area contributed by atoms with Crippen LogP contribution in [0.15, 0.2) is 0 Å². The van der Waals surface area contributed by atoms with Crippen molar-refractivity contribution in [2.75, 3.05) is 13.1 Å². The number of carbonyl (C=O) groups excluding carboxylic acids is 1. The Labute approximate surface area is 99.2 Å². The van der Waals surface area contributed by atoms with Crippen molar-refractivity contribution in [2.45, 2.75) is 46.0 Å². The van der Waals surface area contributed by atoms with Crippen LogP contribution in [-0.2, 0) is 4.79 Å². The summed E-state index contributed by atoms with van der Waals surface area (Å²) >= 11 is 0. The van der Waals surface area contributed by atoms with Gasteiger partial charge in [0.1, 0.15) is 0 Å². The summed E-state index contributed by atoms with van der Waals surface area (Å²) < 4.78 is 0. The SMILES string of the molecule is CC(C)C(CN)C(=O)NCC1CCCCC1. The topological polar surface area (TPSA) is 55.1 Å². The molecule has 1 saturated carbocycles. The maximum Gasteiger partial charge on any atom is 0.224 e. The van der Waals surface area contributed by atoms with Crippen LogP contribution in [0.5, 0.6) is 0 Å². The Bertz CT molecular complexity index is 210. The van der Waals surface area contributed by atoms with Crippen molar-refractivity contribution < 1.29 is 4.79 Å². The minimum atomic E-state index is -0.0245. The van der Waals surface area contributed by atoms with E-state index in [2.05, 4.69) is 19.2 Å². The molecule has 1 aliphatic rings. The Balaban J connectivity index is 2.27. The van der Waals surface area contributed by atoms with Crippen molar-refractivity contribution in [3.8, 4) is 0 Å². The maximum absolute atomic E-state index is 11.9. The lowest BCUT2D eigenvalue weighted by molar-refractivity contribution is -0.126. The van der Waals surface area contributed by atoms with Crippen molar-refractivity contribution in [3.63, 3.8) is 0 Å². The van der Waals surface area contributed by atoms with Crippen molar-refractivity contribution in [2.24, 2.45) is 23.5 Å². The summed E-state index contributed by atoms with van der Waals surface area (Å²) in [5.41, 5.74) is 5.62. The van der Waals surface area contributed by atoms with Crippen LogP contribution in [0.25, 0.3) is 0 Å².